The van der Waals surface area contributed by atoms with Gasteiger partial charge in [0.1, 0.15) is 18.0 Å². The van der Waals surface area contributed by atoms with Crippen molar-refractivity contribution in [2.45, 2.75) is 64.1 Å². The number of nitrogens with zero attached hydrogens (tertiary/aromatic N) is 5. The molecule has 0 radical (unpaired) electrons. The Morgan fingerprint density at radius 3 is 2.81 bits per heavy atom. The van der Waals surface area contributed by atoms with E-state index in [1.165, 1.54) is 5.69 Å². The summed E-state index contributed by atoms with van der Waals surface area (Å²) in [6.45, 7) is 5.27. The third-order valence-corrected chi connectivity index (χ3v) is 5.57. The van der Waals surface area contributed by atoms with E-state index in [0.29, 0.717) is 18.0 Å². The van der Waals surface area contributed by atoms with Crippen molar-refractivity contribution in [3.05, 3.63) is 23.8 Å². The average Bonchev–Trinajstić information content (AvgIpc) is 3.03. The van der Waals surface area contributed by atoms with Crippen LogP contribution in [-0.4, -0.2) is 49.8 Å². The van der Waals surface area contributed by atoms with Crippen LogP contribution in [0.5, 0.6) is 0 Å². The Morgan fingerprint density at radius 2 is 2.00 bits per heavy atom. The number of hydrogen-bond donors (Lipinski definition) is 2. The molecular formula is C19H29N7O. The van der Waals surface area contributed by atoms with E-state index in [4.69, 9.17) is 4.74 Å². The first kappa shape index (κ1) is 18.2. The fraction of sp³-hybridized carbons (Fsp3) is 0.684. The van der Waals surface area contributed by atoms with Gasteiger partial charge in [0.05, 0.1) is 23.5 Å². The van der Waals surface area contributed by atoms with Crippen LogP contribution in [0.4, 0.5) is 11.6 Å². The van der Waals surface area contributed by atoms with Gasteiger partial charge >= 0.3 is 0 Å². The lowest BCUT2D eigenvalue weighted by molar-refractivity contribution is -0.0203. The molecule has 0 bridgehead atoms. The van der Waals surface area contributed by atoms with Crippen molar-refractivity contribution in [2.24, 2.45) is 13.0 Å². The van der Waals surface area contributed by atoms with E-state index in [9.17, 15) is 0 Å². The highest BCUT2D eigenvalue weighted by Crippen LogP contribution is 2.25. The molecule has 2 aromatic heterocycles. The van der Waals surface area contributed by atoms with Crippen LogP contribution in [0, 0.1) is 5.92 Å². The number of anilines is 2. The minimum atomic E-state index is 0.222. The highest BCUT2D eigenvalue weighted by atomic mass is 16.5. The first-order valence-electron chi connectivity index (χ1n) is 9.94. The van der Waals surface area contributed by atoms with Crippen molar-refractivity contribution >= 4 is 11.6 Å². The monoisotopic (exact) mass is 371 g/mol. The molecule has 3 heterocycles. The van der Waals surface area contributed by atoms with Crippen LogP contribution in [0.1, 0.15) is 44.5 Å². The quantitative estimate of drug-likeness (QED) is 0.833. The van der Waals surface area contributed by atoms with Gasteiger partial charge in [-0.05, 0) is 31.6 Å². The molecule has 1 saturated heterocycles. The molecule has 4 rings (SSSR count). The average molecular weight is 371 g/mol. The Kier molecular flexibility index (Phi) is 5.24. The Balaban J connectivity index is 1.41. The maximum Gasteiger partial charge on any atom is 0.131 e. The van der Waals surface area contributed by atoms with Gasteiger partial charge < -0.3 is 15.4 Å². The molecule has 3 atom stereocenters. The van der Waals surface area contributed by atoms with Gasteiger partial charge in [-0.15, -0.1) is 5.10 Å². The molecule has 8 nitrogen and oxygen atoms in total. The lowest BCUT2D eigenvalue weighted by Crippen LogP contribution is -2.43. The third kappa shape index (κ3) is 4.05. The summed E-state index contributed by atoms with van der Waals surface area (Å²) in [6, 6.07) is 2.63. The molecule has 8 heteroatoms. The lowest BCUT2D eigenvalue weighted by Gasteiger charge is -2.35. The highest BCUT2D eigenvalue weighted by Gasteiger charge is 2.29. The van der Waals surface area contributed by atoms with E-state index in [0.717, 1.165) is 56.0 Å². The van der Waals surface area contributed by atoms with E-state index >= 15 is 0 Å². The summed E-state index contributed by atoms with van der Waals surface area (Å²) in [7, 11) is 1.96. The van der Waals surface area contributed by atoms with Crippen LogP contribution >= 0.6 is 0 Å². The van der Waals surface area contributed by atoms with Crippen molar-refractivity contribution in [1.29, 1.82) is 0 Å². The minimum absolute atomic E-state index is 0.222. The number of nitrogens with one attached hydrogen (secondary N) is 2. The zero-order valence-corrected chi connectivity index (χ0v) is 16.4. The van der Waals surface area contributed by atoms with Gasteiger partial charge in [-0.25, -0.2) is 9.97 Å². The summed E-state index contributed by atoms with van der Waals surface area (Å²) in [5.41, 5.74) is 2.34. The van der Waals surface area contributed by atoms with Gasteiger partial charge in [-0.1, -0.05) is 19.1 Å². The van der Waals surface area contributed by atoms with Crippen molar-refractivity contribution < 1.29 is 4.74 Å². The SMILES string of the molecule is CC(C)C1OCCCC1Nc1cc(NC2CCc3nnn(C)c3C2)ncn1. The van der Waals surface area contributed by atoms with E-state index in [1.54, 1.807) is 6.33 Å². The number of hydrogen-bond acceptors (Lipinski definition) is 7. The van der Waals surface area contributed by atoms with Crippen LogP contribution in [0.25, 0.3) is 0 Å². The van der Waals surface area contributed by atoms with Crippen LogP contribution in [-0.2, 0) is 24.6 Å². The largest absolute Gasteiger partial charge is 0.376 e. The summed E-state index contributed by atoms with van der Waals surface area (Å²) in [5.74, 6) is 2.19. The second-order valence-electron chi connectivity index (χ2n) is 7.95. The van der Waals surface area contributed by atoms with E-state index in [1.807, 2.05) is 17.8 Å². The Labute approximate surface area is 160 Å². The molecule has 0 aromatic carbocycles. The number of fused-ring (bicyclic) bond motifs is 1. The van der Waals surface area contributed by atoms with E-state index in [-0.39, 0.29) is 6.10 Å². The molecule has 1 aliphatic heterocycles. The molecule has 2 aromatic rings. The maximum atomic E-state index is 5.98. The summed E-state index contributed by atoms with van der Waals surface area (Å²) >= 11 is 0. The second kappa shape index (κ2) is 7.80. The smallest absolute Gasteiger partial charge is 0.131 e. The van der Waals surface area contributed by atoms with Crippen LogP contribution in [0.3, 0.4) is 0 Å². The lowest BCUT2D eigenvalue weighted by atomic mass is 9.93. The van der Waals surface area contributed by atoms with Gasteiger partial charge in [0.15, 0.2) is 0 Å². The summed E-state index contributed by atoms with van der Waals surface area (Å²) in [6.07, 6.45) is 6.93. The van der Waals surface area contributed by atoms with Gasteiger partial charge in [0.2, 0.25) is 0 Å². The van der Waals surface area contributed by atoms with Crippen molar-refractivity contribution in [2.75, 3.05) is 17.2 Å². The van der Waals surface area contributed by atoms with Crippen molar-refractivity contribution in [3.63, 3.8) is 0 Å². The molecule has 3 unspecified atom stereocenters. The fourth-order valence-electron chi connectivity index (χ4n) is 4.16. The molecule has 2 aliphatic rings. The van der Waals surface area contributed by atoms with Gasteiger partial charge in [-0.2, -0.15) is 0 Å². The first-order valence-corrected chi connectivity index (χ1v) is 9.94. The van der Waals surface area contributed by atoms with Gasteiger partial charge in [0, 0.05) is 32.2 Å². The Bertz CT molecular complexity index is 775. The maximum absolute atomic E-state index is 5.98. The number of ether oxygens (including phenoxy) is 1. The fourth-order valence-corrected chi connectivity index (χ4v) is 4.16. The number of aromatic nitrogens is 5. The molecule has 0 saturated carbocycles. The summed E-state index contributed by atoms with van der Waals surface area (Å²) < 4.78 is 7.86. The first-order chi connectivity index (χ1) is 13.1. The van der Waals surface area contributed by atoms with Crippen molar-refractivity contribution in [1.82, 2.24) is 25.0 Å². The zero-order chi connectivity index (χ0) is 18.8. The third-order valence-electron chi connectivity index (χ3n) is 5.57. The predicted octanol–water partition coefficient (Wildman–Crippen LogP) is 2.19. The second-order valence-corrected chi connectivity index (χ2v) is 7.95. The molecule has 2 N–H and O–H groups in total. The number of aryl methyl sites for hydroxylation is 2. The summed E-state index contributed by atoms with van der Waals surface area (Å²) in [4.78, 5) is 8.84. The standard InChI is InChI=1S/C19H29N7O/c1-12(2)19-15(5-4-8-27-19)23-18-10-17(20-11-21-18)22-13-6-7-14-16(9-13)26(3)25-24-14/h10-13,15,19H,4-9H2,1-3H3,(H2,20,21,22,23). The van der Waals surface area contributed by atoms with E-state index in [2.05, 4.69) is 44.8 Å². The molecular weight excluding hydrogens is 342 g/mol. The molecule has 0 spiro atoms. The minimum Gasteiger partial charge on any atom is -0.376 e. The molecule has 0 amide bonds. The normalized spacial score (nSPS) is 25.3. The van der Waals surface area contributed by atoms with Crippen LogP contribution in [0.15, 0.2) is 12.4 Å². The Morgan fingerprint density at radius 1 is 1.19 bits per heavy atom. The molecule has 27 heavy (non-hydrogen) atoms. The Hall–Kier alpha value is -2.22. The zero-order valence-electron chi connectivity index (χ0n) is 16.4. The number of rotatable bonds is 5. The molecule has 1 fully saturated rings. The topological polar surface area (TPSA) is 89.8 Å². The van der Waals surface area contributed by atoms with E-state index < -0.39 is 0 Å². The van der Waals surface area contributed by atoms with Crippen LogP contribution in [0.2, 0.25) is 0 Å². The van der Waals surface area contributed by atoms with Gasteiger partial charge in [0.25, 0.3) is 0 Å². The van der Waals surface area contributed by atoms with Gasteiger partial charge in [-0.3, -0.25) is 4.68 Å². The predicted molar refractivity (Wildman–Crippen MR) is 104 cm³/mol. The molecule has 1 aliphatic carbocycles. The van der Waals surface area contributed by atoms with Crippen molar-refractivity contribution in [3.8, 4) is 0 Å². The summed E-state index contributed by atoms with van der Waals surface area (Å²) in [5, 5.41) is 15.5. The highest BCUT2D eigenvalue weighted by molar-refractivity contribution is 5.48. The molecule has 146 valence electrons. The van der Waals surface area contributed by atoms with Crippen LogP contribution < -0.4 is 10.6 Å².